The van der Waals surface area contributed by atoms with Crippen LogP contribution >= 0.6 is 11.3 Å². The molecule has 0 atom stereocenters. The van der Waals surface area contributed by atoms with Crippen molar-refractivity contribution in [2.45, 2.75) is 19.6 Å². The maximum Gasteiger partial charge on any atom is 0.416 e. The van der Waals surface area contributed by atoms with Gasteiger partial charge >= 0.3 is 6.18 Å². The van der Waals surface area contributed by atoms with Gasteiger partial charge in [-0.2, -0.15) is 13.2 Å². The van der Waals surface area contributed by atoms with Crippen molar-refractivity contribution in [2.24, 2.45) is 0 Å². The minimum Gasteiger partial charge on any atom is -0.492 e. The summed E-state index contributed by atoms with van der Waals surface area (Å²) in [6.07, 6.45) is -4.48. The van der Waals surface area contributed by atoms with Crippen LogP contribution in [0.4, 0.5) is 24.5 Å². The van der Waals surface area contributed by atoms with Crippen molar-refractivity contribution in [1.29, 1.82) is 0 Å². The van der Waals surface area contributed by atoms with E-state index in [0.717, 1.165) is 61.5 Å². The quantitative estimate of drug-likeness (QED) is 0.282. The van der Waals surface area contributed by atoms with E-state index in [-0.39, 0.29) is 5.75 Å². The zero-order valence-electron chi connectivity index (χ0n) is 20.6. The van der Waals surface area contributed by atoms with Crippen LogP contribution in [0.3, 0.4) is 0 Å². The minimum atomic E-state index is -4.48. The molecule has 9 heteroatoms. The highest BCUT2D eigenvalue weighted by Crippen LogP contribution is 2.36. The van der Waals surface area contributed by atoms with Crippen LogP contribution in [0.5, 0.6) is 5.75 Å². The van der Waals surface area contributed by atoms with Crippen LogP contribution in [-0.4, -0.2) is 54.1 Å². The Morgan fingerprint density at radius 2 is 1.76 bits per heavy atom. The lowest BCUT2D eigenvalue weighted by Gasteiger charge is -2.34. The number of hydrogen-bond acceptors (Lipinski definition) is 6. The van der Waals surface area contributed by atoms with E-state index in [1.54, 1.807) is 17.4 Å². The normalized spacial score (nSPS) is 15.2. The monoisotopic (exact) mass is 526 g/mol. The molecule has 1 aliphatic rings. The highest BCUT2D eigenvalue weighted by Gasteiger charge is 2.31. The molecule has 1 fully saturated rings. The maximum atomic E-state index is 13.7. The van der Waals surface area contributed by atoms with Gasteiger partial charge < -0.3 is 10.1 Å². The van der Waals surface area contributed by atoms with Crippen LogP contribution in [0.25, 0.3) is 10.9 Å². The van der Waals surface area contributed by atoms with Gasteiger partial charge in [-0.15, -0.1) is 11.3 Å². The molecule has 1 aliphatic heterocycles. The number of anilines is 2. The number of nitrogens with zero attached hydrogens (tertiary/aromatic N) is 3. The van der Waals surface area contributed by atoms with Crippen molar-refractivity contribution in [3.8, 4) is 5.75 Å². The third-order valence-corrected chi connectivity index (χ3v) is 7.32. The predicted octanol–water partition coefficient (Wildman–Crippen LogP) is 6.56. The molecule has 37 heavy (non-hydrogen) atoms. The number of ether oxygens (including phenoxy) is 1. The highest BCUT2D eigenvalue weighted by atomic mass is 32.1. The first-order chi connectivity index (χ1) is 17.8. The largest absolute Gasteiger partial charge is 0.492 e. The first-order valence-corrected chi connectivity index (χ1v) is 13.2. The van der Waals surface area contributed by atoms with Crippen molar-refractivity contribution in [1.82, 2.24) is 14.8 Å². The number of aromatic nitrogens is 1. The first-order valence-electron chi connectivity index (χ1n) is 12.3. The van der Waals surface area contributed by atoms with E-state index < -0.39 is 11.7 Å². The molecular formula is C28H29F3N4OS. The third kappa shape index (κ3) is 6.60. The SMILES string of the molecule is Cc1cc(Nc2cc(OCCN3CCN(Cc4cccs4)CC3)cc(C(F)(F)F)c2)c2ccccc2n1. The molecule has 0 unspecified atom stereocenters. The Hall–Kier alpha value is -3.14. The van der Waals surface area contributed by atoms with E-state index in [1.165, 1.54) is 4.88 Å². The van der Waals surface area contributed by atoms with Crippen molar-refractivity contribution in [3.63, 3.8) is 0 Å². The van der Waals surface area contributed by atoms with E-state index in [4.69, 9.17) is 4.74 Å². The number of thiophene rings is 1. The average Bonchev–Trinajstić information content (AvgIpc) is 3.37. The summed E-state index contributed by atoms with van der Waals surface area (Å²) >= 11 is 1.77. The Balaban J connectivity index is 1.24. The van der Waals surface area contributed by atoms with Crippen LogP contribution in [0, 0.1) is 6.92 Å². The van der Waals surface area contributed by atoms with Gasteiger partial charge in [0.1, 0.15) is 12.4 Å². The van der Waals surface area contributed by atoms with E-state index >= 15 is 0 Å². The molecule has 5 rings (SSSR count). The zero-order chi connectivity index (χ0) is 25.8. The van der Waals surface area contributed by atoms with Crippen LogP contribution in [0.2, 0.25) is 0 Å². The van der Waals surface area contributed by atoms with Crippen molar-refractivity contribution < 1.29 is 17.9 Å². The second-order valence-corrected chi connectivity index (χ2v) is 10.3. The number of piperazine rings is 1. The summed E-state index contributed by atoms with van der Waals surface area (Å²) in [6, 6.07) is 17.4. The smallest absolute Gasteiger partial charge is 0.416 e. The van der Waals surface area contributed by atoms with Crippen molar-refractivity contribution in [3.05, 3.63) is 82.2 Å². The fourth-order valence-corrected chi connectivity index (χ4v) is 5.32. The summed E-state index contributed by atoms with van der Waals surface area (Å²) in [5, 5.41) is 6.10. The van der Waals surface area contributed by atoms with E-state index in [1.807, 2.05) is 37.3 Å². The summed E-state index contributed by atoms with van der Waals surface area (Å²) in [5.74, 6) is 0.198. The highest BCUT2D eigenvalue weighted by molar-refractivity contribution is 7.09. The molecular weight excluding hydrogens is 497 g/mol. The number of para-hydroxylation sites is 1. The number of fused-ring (bicyclic) bond motifs is 1. The van der Waals surface area contributed by atoms with Crippen LogP contribution in [0.1, 0.15) is 16.1 Å². The number of pyridine rings is 1. The molecule has 1 N–H and O–H groups in total. The molecule has 0 spiro atoms. The molecule has 5 nitrogen and oxygen atoms in total. The van der Waals surface area contributed by atoms with Gasteiger partial charge in [0.15, 0.2) is 0 Å². The maximum absolute atomic E-state index is 13.7. The lowest BCUT2D eigenvalue weighted by atomic mass is 10.1. The Labute approximate surface area is 218 Å². The van der Waals surface area contributed by atoms with Gasteiger partial charge in [0.25, 0.3) is 0 Å². The van der Waals surface area contributed by atoms with Crippen LogP contribution in [-0.2, 0) is 12.7 Å². The van der Waals surface area contributed by atoms with Crippen LogP contribution < -0.4 is 10.1 Å². The van der Waals surface area contributed by atoms with Gasteiger partial charge in [-0.3, -0.25) is 14.8 Å². The molecule has 0 radical (unpaired) electrons. The van der Waals surface area contributed by atoms with Crippen molar-refractivity contribution >= 4 is 33.6 Å². The van der Waals surface area contributed by atoms with Crippen LogP contribution in [0.15, 0.2) is 66.0 Å². The van der Waals surface area contributed by atoms with Gasteiger partial charge in [-0.25, -0.2) is 0 Å². The lowest BCUT2D eigenvalue weighted by molar-refractivity contribution is -0.137. The summed E-state index contributed by atoms with van der Waals surface area (Å²) in [6.45, 7) is 7.58. The number of aryl methyl sites for hydroxylation is 1. The number of alkyl halides is 3. The van der Waals surface area contributed by atoms with Gasteiger partial charge in [-0.1, -0.05) is 24.3 Å². The van der Waals surface area contributed by atoms with Gasteiger partial charge in [0, 0.05) is 72.7 Å². The second-order valence-electron chi connectivity index (χ2n) is 9.24. The lowest BCUT2D eigenvalue weighted by Crippen LogP contribution is -2.46. The molecule has 2 aromatic carbocycles. The molecule has 0 bridgehead atoms. The standard InChI is InChI=1S/C28H29F3N4OS/c1-20-15-27(25-6-2-3-7-26(25)32-20)33-22-16-21(28(29,30)31)17-23(18-22)36-13-12-34-8-10-35(11-9-34)19-24-5-4-14-37-24/h2-7,14-18H,8-13,19H2,1H3,(H,32,33). The molecule has 194 valence electrons. The summed E-state index contributed by atoms with van der Waals surface area (Å²) in [4.78, 5) is 10.6. The topological polar surface area (TPSA) is 40.6 Å². The number of hydrogen-bond donors (Lipinski definition) is 1. The average molecular weight is 527 g/mol. The number of halogens is 3. The molecule has 4 aromatic rings. The molecule has 1 saturated heterocycles. The third-order valence-electron chi connectivity index (χ3n) is 6.46. The molecule has 0 saturated carbocycles. The van der Waals surface area contributed by atoms with E-state index in [0.29, 0.717) is 24.5 Å². The van der Waals surface area contributed by atoms with Gasteiger partial charge in [-0.05, 0) is 42.6 Å². The Morgan fingerprint density at radius 3 is 2.51 bits per heavy atom. The summed E-state index contributed by atoms with van der Waals surface area (Å²) < 4.78 is 46.9. The summed E-state index contributed by atoms with van der Waals surface area (Å²) in [7, 11) is 0. The zero-order valence-corrected chi connectivity index (χ0v) is 21.4. The van der Waals surface area contributed by atoms with Crippen molar-refractivity contribution in [2.75, 3.05) is 44.6 Å². The van der Waals surface area contributed by atoms with E-state index in [9.17, 15) is 13.2 Å². The Kier molecular flexibility index (Phi) is 7.64. The molecule has 0 aliphatic carbocycles. The fraction of sp³-hybridized carbons (Fsp3) is 0.321. The number of benzene rings is 2. The fourth-order valence-electron chi connectivity index (χ4n) is 4.57. The first kappa shape index (κ1) is 25.5. The van der Waals surface area contributed by atoms with E-state index in [2.05, 4.69) is 37.6 Å². The number of rotatable bonds is 8. The predicted molar refractivity (Wildman–Crippen MR) is 143 cm³/mol. The Bertz CT molecular complexity index is 1340. The molecule has 0 amide bonds. The summed E-state index contributed by atoms with van der Waals surface area (Å²) in [5.41, 5.74) is 1.84. The molecule has 2 aromatic heterocycles. The number of nitrogens with one attached hydrogen (secondary N) is 1. The molecule has 3 heterocycles. The van der Waals surface area contributed by atoms with Gasteiger partial charge in [0.05, 0.1) is 11.1 Å². The minimum absolute atomic E-state index is 0.198. The second kappa shape index (κ2) is 11.1. The van der Waals surface area contributed by atoms with Gasteiger partial charge in [0.2, 0.25) is 0 Å². The Morgan fingerprint density at radius 1 is 0.973 bits per heavy atom.